The van der Waals surface area contributed by atoms with Gasteiger partial charge in [-0.2, -0.15) is 0 Å². The molecular weight excluding hydrogens is 400 g/mol. The van der Waals surface area contributed by atoms with Crippen LogP contribution in [-0.4, -0.2) is 34.4 Å². The van der Waals surface area contributed by atoms with Gasteiger partial charge in [0.15, 0.2) is 0 Å². The van der Waals surface area contributed by atoms with Crippen molar-refractivity contribution in [3.63, 3.8) is 0 Å². The van der Waals surface area contributed by atoms with E-state index in [1.165, 1.54) is 0 Å². The smallest absolute Gasteiger partial charge is 0.255 e. The average molecular weight is 419 g/mol. The van der Waals surface area contributed by atoms with Gasteiger partial charge in [0.1, 0.15) is 6.04 Å². The van der Waals surface area contributed by atoms with E-state index in [0.717, 1.165) is 10.0 Å². The largest absolute Gasteiger partial charge is 0.348 e. The number of carbonyl (C=O) groups is 2. The predicted molar refractivity (Wildman–Crippen MR) is 104 cm³/mol. The maximum absolute atomic E-state index is 12.8. The van der Waals surface area contributed by atoms with Gasteiger partial charge < -0.3 is 10.2 Å². The molecule has 3 rings (SSSR count). The molecule has 1 fully saturated rings. The zero-order chi connectivity index (χ0) is 17.8. The molecule has 0 aliphatic carbocycles. The normalized spacial score (nSPS) is 18.0. The molecule has 0 spiro atoms. The quantitative estimate of drug-likeness (QED) is 0.820. The minimum Gasteiger partial charge on any atom is -0.348 e. The number of amides is 2. The summed E-state index contributed by atoms with van der Waals surface area (Å²) in [5, 5.41) is 3.04. The highest BCUT2D eigenvalue weighted by atomic mass is 79.9. The van der Waals surface area contributed by atoms with Crippen molar-refractivity contribution in [3.05, 3.63) is 70.2 Å². The van der Waals surface area contributed by atoms with E-state index >= 15 is 0 Å². The maximum atomic E-state index is 12.8. The third-order valence-electron chi connectivity index (χ3n) is 4.20. The first-order valence-corrected chi connectivity index (χ1v) is 10.0. The zero-order valence-electron chi connectivity index (χ0n) is 13.8. The van der Waals surface area contributed by atoms with E-state index in [9.17, 15) is 9.59 Å². The van der Waals surface area contributed by atoms with E-state index in [4.69, 9.17) is 0 Å². The Kier molecular flexibility index (Phi) is 5.81. The Hall–Kier alpha value is -1.79. The number of rotatable bonds is 4. The highest BCUT2D eigenvalue weighted by molar-refractivity contribution is 9.10. The van der Waals surface area contributed by atoms with E-state index < -0.39 is 6.04 Å². The summed E-state index contributed by atoms with van der Waals surface area (Å²) in [7, 11) is 0. The molecular formula is C19H19BrN2O2S. The second-order valence-corrected chi connectivity index (χ2v) is 7.76. The first kappa shape index (κ1) is 18.0. The lowest BCUT2D eigenvalue weighted by Crippen LogP contribution is -2.47. The molecule has 2 amide bonds. The van der Waals surface area contributed by atoms with Crippen molar-refractivity contribution in [2.75, 3.05) is 11.6 Å². The van der Waals surface area contributed by atoms with Gasteiger partial charge in [0.05, 0.1) is 11.9 Å². The summed E-state index contributed by atoms with van der Waals surface area (Å²) < 4.78 is 0.959. The molecule has 1 heterocycles. The fourth-order valence-corrected chi connectivity index (χ4v) is 4.60. The highest BCUT2D eigenvalue weighted by Crippen LogP contribution is 2.26. The van der Waals surface area contributed by atoms with Crippen LogP contribution in [0, 0.1) is 0 Å². The van der Waals surface area contributed by atoms with Gasteiger partial charge in [-0.15, -0.1) is 11.8 Å². The summed E-state index contributed by atoms with van der Waals surface area (Å²) in [4.78, 5) is 27.1. The second-order valence-electron chi connectivity index (χ2n) is 5.91. The highest BCUT2D eigenvalue weighted by Gasteiger charge is 2.35. The van der Waals surface area contributed by atoms with Crippen LogP contribution < -0.4 is 5.32 Å². The van der Waals surface area contributed by atoms with Crippen molar-refractivity contribution in [2.45, 2.75) is 19.0 Å². The molecule has 4 nitrogen and oxygen atoms in total. The number of carbonyl (C=O) groups excluding carboxylic acids is 2. The van der Waals surface area contributed by atoms with Crippen LogP contribution in [0.2, 0.25) is 0 Å². The van der Waals surface area contributed by atoms with Crippen LogP contribution in [0.4, 0.5) is 0 Å². The number of thioether (sulfide) groups is 1. The Labute approximate surface area is 160 Å². The molecule has 2 aromatic carbocycles. The third-order valence-corrected chi connectivity index (χ3v) is 5.93. The van der Waals surface area contributed by atoms with Crippen LogP contribution in [-0.2, 0) is 4.79 Å². The fraction of sp³-hybridized carbons (Fsp3) is 0.263. The number of nitrogens with zero attached hydrogens (tertiary/aromatic N) is 1. The molecule has 2 unspecified atom stereocenters. The lowest BCUT2D eigenvalue weighted by atomic mass is 10.1. The van der Waals surface area contributed by atoms with Crippen LogP contribution >= 0.6 is 27.7 Å². The minimum absolute atomic E-state index is 0.0979. The van der Waals surface area contributed by atoms with Crippen molar-refractivity contribution >= 4 is 39.5 Å². The maximum Gasteiger partial charge on any atom is 0.255 e. The van der Waals surface area contributed by atoms with E-state index in [1.807, 2.05) is 49.4 Å². The Morgan fingerprint density at radius 1 is 1.16 bits per heavy atom. The van der Waals surface area contributed by atoms with Crippen LogP contribution in [0.3, 0.4) is 0 Å². The zero-order valence-corrected chi connectivity index (χ0v) is 16.2. The van der Waals surface area contributed by atoms with Gasteiger partial charge >= 0.3 is 0 Å². The van der Waals surface area contributed by atoms with E-state index in [1.54, 1.807) is 28.8 Å². The summed E-state index contributed by atoms with van der Waals surface area (Å²) in [5.41, 5.74) is 1.63. The third kappa shape index (κ3) is 4.07. The molecule has 1 saturated heterocycles. The minimum atomic E-state index is -0.442. The van der Waals surface area contributed by atoms with Gasteiger partial charge in [0.25, 0.3) is 5.91 Å². The second kappa shape index (κ2) is 8.06. The van der Waals surface area contributed by atoms with Gasteiger partial charge in [-0.3, -0.25) is 9.59 Å². The van der Waals surface area contributed by atoms with Gasteiger partial charge in [0, 0.05) is 15.8 Å². The van der Waals surface area contributed by atoms with Crippen LogP contribution in [0.5, 0.6) is 0 Å². The number of nitrogens with one attached hydrogen (secondary N) is 1. The number of hydrogen-bond acceptors (Lipinski definition) is 3. The first-order valence-electron chi connectivity index (χ1n) is 8.06. The summed E-state index contributed by atoms with van der Waals surface area (Å²) in [5.74, 6) is 0.944. The Balaban J connectivity index is 1.71. The van der Waals surface area contributed by atoms with Crippen molar-refractivity contribution in [1.29, 1.82) is 0 Å². The number of hydrogen-bond donors (Lipinski definition) is 1. The number of halogens is 1. The van der Waals surface area contributed by atoms with Crippen LogP contribution in [0.1, 0.15) is 28.9 Å². The molecule has 1 aliphatic rings. The molecule has 25 heavy (non-hydrogen) atoms. The van der Waals surface area contributed by atoms with Gasteiger partial charge in [-0.25, -0.2) is 0 Å². The standard InChI is InChI=1S/C19H19BrN2O2S/c1-13(15-9-5-6-10-16(15)20)21-18(23)17-11-25-12-22(17)19(24)14-7-3-2-4-8-14/h2-10,13,17H,11-12H2,1H3,(H,21,23). The molecule has 0 bridgehead atoms. The summed E-state index contributed by atoms with van der Waals surface area (Å²) in [6.45, 7) is 1.95. The molecule has 0 saturated carbocycles. The number of benzene rings is 2. The fourth-order valence-electron chi connectivity index (χ4n) is 2.82. The predicted octanol–water partition coefficient (Wildman–Crippen LogP) is 3.84. The van der Waals surface area contributed by atoms with Crippen molar-refractivity contribution < 1.29 is 9.59 Å². The molecule has 1 aliphatic heterocycles. The molecule has 0 aromatic heterocycles. The van der Waals surface area contributed by atoms with Crippen LogP contribution in [0.15, 0.2) is 59.1 Å². The van der Waals surface area contributed by atoms with E-state index in [0.29, 0.717) is 17.2 Å². The molecule has 0 radical (unpaired) electrons. The monoisotopic (exact) mass is 418 g/mol. The molecule has 6 heteroatoms. The molecule has 1 N–H and O–H groups in total. The summed E-state index contributed by atoms with van der Waals surface area (Å²) >= 11 is 5.12. The topological polar surface area (TPSA) is 49.4 Å². The first-order chi connectivity index (χ1) is 12.1. The van der Waals surface area contributed by atoms with Crippen molar-refractivity contribution in [3.8, 4) is 0 Å². The van der Waals surface area contributed by atoms with Gasteiger partial charge in [0.2, 0.25) is 5.91 Å². The molecule has 2 atom stereocenters. The molecule has 130 valence electrons. The lowest BCUT2D eigenvalue weighted by Gasteiger charge is -2.25. The molecule has 2 aromatic rings. The Bertz CT molecular complexity index is 769. The SMILES string of the molecule is CC(NC(=O)C1CSCN1C(=O)c1ccccc1)c1ccccc1Br. The Morgan fingerprint density at radius 3 is 2.56 bits per heavy atom. The summed E-state index contributed by atoms with van der Waals surface area (Å²) in [6, 6.07) is 16.3. The summed E-state index contributed by atoms with van der Waals surface area (Å²) in [6.07, 6.45) is 0. The van der Waals surface area contributed by atoms with Gasteiger partial charge in [-0.05, 0) is 30.7 Å². The van der Waals surface area contributed by atoms with Gasteiger partial charge in [-0.1, -0.05) is 52.3 Å². The van der Waals surface area contributed by atoms with Crippen LogP contribution in [0.25, 0.3) is 0 Å². The van der Waals surface area contributed by atoms with Crippen molar-refractivity contribution in [1.82, 2.24) is 10.2 Å². The van der Waals surface area contributed by atoms with Crippen molar-refractivity contribution in [2.24, 2.45) is 0 Å². The Morgan fingerprint density at radius 2 is 1.84 bits per heavy atom. The van der Waals surface area contributed by atoms with E-state index in [2.05, 4.69) is 21.2 Å². The average Bonchev–Trinajstić information content (AvgIpc) is 3.12. The lowest BCUT2D eigenvalue weighted by molar-refractivity contribution is -0.125. The van der Waals surface area contributed by atoms with E-state index in [-0.39, 0.29) is 17.9 Å².